The monoisotopic (exact) mass is 255 g/mol. The number of piperazine rings is 1. The fourth-order valence-electron chi connectivity index (χ4n) is 2.74. The summed E-state index contributed by atoms with van der Waals surface area (Å²) >= 11 is 0. The third kappa shape index (κ3) is 2.68. The van der Waals surface area contributed by atoms with Gasteiger partial charge in [0.25, 0.3) is 0 Å². The average molecular weight is 255 g/mol. The molecule has 0 unspecified atom stereocenters. The number of rotatable bonds is 2. The van der Waals surface area contributed by atoms with Gasteiger partial charge in [0.2, 0.25) is 5.91 Å². The van der Waals surface area contributed by atoms with Crippen LogP contribution in [0.5, 0.6) is 0 Å². The van der Waals surface area contributed by atoms with E-state index in [1.54, 1.807) is 0 Å². The van der Waals surface area contributed by atoms with Gasteiger partial charge in [-0.05, 0) is 20.8 Å². The van der Waals surface area contributed by atoms with Crippen molar-refractivity contribution in [1.29, 1.82) is 0 Å². The van der Waals surface area contributed by atoms with Crippen LogP contribution in [-0.4, -0.2) is 73.2 Å². The van der Waals surface area contributed by atoms with Gasteiger partial charge in [0.1, 0.15) is 0 Å². The molecular formula is C13H25N3O2. The van der Waals surface area contributed by atoms with Gasteiger partial charge in [-0.3, -0.25) is 9.69 Å². The number of carbonyl (C=O) groups is 1. The van der Waals surface area contributed by atoms with Gasteiger partial charge in [-0.2, -0.15) is 0 Å². The van der Waals surface area contributed by atoms with E-state index in [9.17, 15) is 4.79 Å². The molecule has 18 heavy (non-hydrogen) atoms. The first-order valence-electron chi connectivity index (χ1n) is 6.88. The van der Waals surface area contributed by atoms with Gasteiger partial charge in [-0.1, -0.05) is 0 Å². The molecule has 0 saturated carbocycles. The minimum atomic E-state index is -0.409. The molecule has 2 aliphatic rings. The molecule has 1 amide bonds. The quantitative estimate of drug-likeness (QED) is 0.749. The van der Waals surface area contributed by atoms with Crippen molar-refractivity contribution in [2.75, 3.05) is 45.9 Å². The number of carbonyl (C=O) groups excluding carboxylic acids is 1. The predicted octanol–water partition coefficient (Wildman–Crippen LogP) is -0.0825. The van der Waals surface area contributed by atoms with Gasteiger partial charge in [-0.15, -0.1) is 0 Å². The third-order valence-corrected chi connectivity index (χ3v) is 4.06. The summed E-state index contributed by atoms with van der Waals surface area (Å²) in [6.45, 7) is 12.0. The summed E-state index contributed by atoms with van der Waals surface area (Å²) in [7, 11) is 0. The molecule has 2 heterocycles. The first-order chi connectivity index (χ1) is 8.53. The molecule has 0 bridgehead atoms. The van der Waals surface area contributed by atoms with Crippen molar-refractivity contribution in [3.8, 4) is 0 Å². The summed E-state index contributed by atoms with van der Waals surface area (Å²) in [6.07, 6.45) is 0. The summed E-state index contributed by atoms with van der Waals surface area (Å²) < 4.78 is 5.40. The second kappa shape index (κ2) is 5.55. The summed E-state index contributed by atoms with van der Waals surface area (Å²) in [5, 5.41) is 3.33. The van der Waals surface area contributed by atoms with E-state index in [1.165, 1.54) is 0 Å². The smallest absolute Gasteiger partial charge is 0.242 e. The zero-order valence-corrected chi connectivity index (χ0v) is 11.7. The van der Waals surface area contributed by atoms with Crippen LogP contribution in [0.25, 0.3) is 0 Å². The average Bonchev–Trinajstić information content (AvgIpc) is 2.39. The van der Waals surface area contributed by atoms with Gasteiger partial charge in [0, 0.05) is 32.7 Å². The van der Waals surface area contributed by atoms with Crippen LogP contribution in [0.2, 0.25) is 0 Å². The maximum absolute atomic E-state index is 12.7. The molecule has 0 aromatic carbocycles. The zero-order valence-electron chi connectivity index (χ0n) is 11.7. The van der Waals surface area contributed by atoms with Crippen LogP contribution in [-0.2, 0) is 9.53 Å². The van der Waals surface area contributed by atoms with E-state index in [2.05, 4.69) is 17.1 Å². The Morgan fingerprint density at radius 1 is 1.28 bits per heavy atom. The van der Waals surface area contributed by atoms with Crippen LogP contribution < -0.4 is 5.32 Å². The van der Waals surface area contributed by atoms with Crippen molar-refractivity contribution in [1.82, 2.24) is 15.1 Å². The van der Waals surface area contributed by atoms with Crippen LogP contribution in [0.1, 0.15) is 20.8 Å². The maximum atomic E-state index is 12.7. The first-order valence-corrected chi connectivity index (χ1v) is 6.88. The van der Waals surface area contributed by atoms with E-state index in [-0.39, 0.29) is 11.9 Å². The number of amides is 1. The topological polar surface area (TPSA) is 44.8 Å². The molecular weight excluding hydrogens is 230 g/mol. The van der Waals surface area contributed by atoms with Crippen LogP contribution in [0.15, 0.2) is 0 Å². The van der Waals surface area contributed by atoms with Crippen LogP contribution >= 0.6 is 0 Å². The van der Waals surface area contributed by atoms with Gasteiger partial charge in [0.05, 0.1) is 24.8 Å². The van der Waals surface area contributed by atoms with E-state index < -0.39 is 5.54 Å². The second-order valence-corrected chi connectivity index (χ2v) is 5.72. The lowest BCUT2D eigenvalue weighted by Gasteiger charge is -2.45. The number of ether oxygens (including phenoxy) is 1. The van der Waals surface area contributed by atoms with Crippen molar-refractivity contribution < 1.29 is 9.53 Å². The van der Waals surface area contributed by atoms with Crippen molar-refractivity contribution in [3.05, 3.63) is 0 Å². The highest BCUT2D eigenvalue weighted by Crippen LogP contribution is 2.21. The Balaban J connectivity index is 2.05. The van der Waals surface area contributed by atoms with E-state index in [1.807, 2.05) is 18.7 Å². The molecule has 2 fully saturated rings. The van der Waals surface area contributed by atoms with Gasteiger partial charge in [0.15, 0.2) is 0 Å². The lowest BCUT2D eigenvalue weighted by atomic mass is 9.98. The number of nitrogens with zero attached hydrogens (tertiary/aromatic N) is 2. The SMILES string of the molecule is C[C@@H]1COCCN1C(=O)C(C)(C)N1CCNCC1. The van der Waals surface area contributed by atoms with E-state index in [0.29, 0.717) is 13.2 Å². The Labute approximate surface area is 109 Å². The minimum absolute atomic E-state index is 0.188. The van der Waals surface area contributed by atoms with E-state index in [0.717, 1.165) is 32.7 Å². The molecule has 2 saturated heterocycles. The van der Waals surface area contributed by atoms with Crippen molar-refractivity contribution in [2.24, 2.45) is 0 Å². The van der Waals surface area contributed by atoms with Crippen LogP contribution in [0.4, 0.5) is 0 Å². The highest BCUT2D eigenvalue weighted by Gasteiger charge is 2.40. The molecule has 5 nitrogen and oxygen atoms in total. The second-order valence-electron chi connectivity index (χ2n) is 5.72. The van der Waals surface area contributed by atoms with Crippen LogP contribution in [0, 0.1) is 0 Å². The Bertz CT molecular complexity index is 301. The normalized spacial score (nSPS) is 27.3. The molecule has 0 aromatic heterocycles. The zero-order chi connectivity index (χ0) is 13.2. The molecule has 0 aliphatic carbocycles. The summed E-state index contributed by atoms with van der Waals surface area (Å²) in [5.41, 5.74) is -0.409. The fourth-order valence-corrected chi connectivity index (χ4v) is 2.74. The fraction of sp³-hybridized carbons (Fsp3) is 0.923. The van der Waals surface area contributed by atoms with E-state index >= 15 is 0 Å². The maximum Gasteiger partial charge on any atom is 0.242 e. The molecule has 0 radical (unpaired) electrons. The Hall–Kier alpha value is -0.650. The first kappa shape index (κ1) is 13.8. The molecule has 2 rings (SSSR count). The highest BCUT2D eigenvalue weighted by atomic mass is 16.5. The molecule has 0 spiro atoms. The lowest BCUT2D eigenvalue weighted by Crippen LogP contribution is -2.63. The van der Waals surface area contributed by atoms with Crippen molar-refractivity contribution in [2.45, 2.75) is 32.4 Å². The van der Waals surface area contributed by atoms with Gasteiger partial charge in [-0.25, -0.2) is 0 Å². The van der Waals surface area contributed by atoms with Crippen molar-refractivity contribution >= 4 is 5.91 Å². The molecule has 2 aliphatic heterocycles. The minimum Gasteiger partial charge on any atom is -0.377 e. The molecule has 5 heteroatoms. The third-order valence-electron chi connectivity index (χ3n) is 4.06. The Morgan fingerprint density at radius 3 is 2.56 bits per heavy atom. The van der Waals surface area contributed by atoms with Gasteiger partial charge >= 0.3 is 0 Å². The Morgan fingerprint density at radius 2 is 1.94 bits per heavy atom. The van der Waals surface area contributed by atoms with Gasteiger partial charge < -0.3 is 15.0 Å². The molecule has 0 aromatic rings. The Kier molecular flexibility index (Phi) is 4.25. The number of nitrogens with one attached hydrogen (secondary N) is 1. The summed E-state index contributed by atoms with van der Waals surface area (Å²) in [4.78, 5) is 17.0. The summed E-state index contributed by atoms with van der Waals surface area (Å²) in [5.74, 6) is 0.236. The number of hydrogen-bond donors (Lipinski definition) is 1. The lowest BCUT2D eigenvalue weighted by molar-refractivity contribution is -0.151. The number of hydrogen-bond acceptors (Lipinski definition) is 4. The predicted molar refractivity (Wildman–Crippen MR) is 70.5 cm³/mol. The summed E-state index contributed by atoms with van der Waals surface area (Å²) in [6, 6.07) is 0.188. The largest absolute Gasteiger partial charge is 0.377 e. The number of morpholine rings is 1. The molecule has 1 atom stereocenters. The highest BCUT2D eigenvalue weighted by molar-refractivity contribution is 5.86. The molecule has 1 N–H and O–H groups in total. The van der Waals surface area contributed by atoms with E-state index in [4.69, 9.17) is 4.74 Å². The van der Waals surface area contributed by atoms with Crippen molar-refractivity contribution in [3.63, 3.8) is 0 Å². The standard InChI is InChI=1S/C13H25N3O2/c1-11-10-18-9-8-16(11)12(17)13(2,3)15-6-4-14-5-7-15/h11,14H,4-10H2,1-3H3/t11-/m1/s1. The molecule has 104 valence electrons. The van der Waals surface area contributed by atoms with Crippen LogP contribution in [0.3, 0.4) is 0 Å².